The predicted molar refractivity (Wildman–Crippen MR) is 117 cm³/mol. The molecule has 176 valence electrons. The lowest BCUT2D eigenvalue weighted by atomic mass is 10.1. The fourth-order valence-corrected chi connectivity index (χ4v) is 3.46. The second kappa shape index (κ2) is 10.3. The summed E-state index contributed by atoms with van der Waals surface area (Å²) in [5, 5.41) is 9.20. The molecule has 8 nitrogen and oxygen atoms in total. The number of hydrogen-bond donors (Lipinski definition) is 1. The van der Waals surface area contributed by atoms with Crippen LogP contribution in [0.5, 0.6) is 11.5 Å². The van der Waals surface area contributed by atoms with E-state index in [1.807, 2.05) is 0 Å². The molecule has 0 spiro atoms. The van der Waals surface area contributed by atoms with Crippen LogP contribution >= 0.6 is 0 Å². The molecule has 4 rings (SSSR count). The van der Waals surface area contributed by atoms with Crippen molar-refractivity contribution in [1.29, 1.82) is 0 Å². The van der Waals surface area contributed by atoms with Gasteiger partial charge in [-0.3, -0.25) is 14.7 Å². The fraction of sp³-hybridized carbons (Fsp3) is 0.208. The van der Waals surface area contributed by atoms with Crippen molar-refractivity contribution in [3.63, 3.8) is 0 Å². The van der Waals surface area contributed by atoms with Gasteiger partial charge < -0.3 is 19.3 Å². The maximum Gasteiger partial charge on any atom is 0.387 e. The largest absolute Gasteiger partial charge is 0.484 e. The van der Waals surface area contributed by atoms with Crippen molar-refractivity contribution in [2.45, 2.75) is 19.1 Å². The van der Waals surface area contributed by atoms with Crippen molar-refractivity contribution in [2.24, 2.45) is 0 Å². The molecule has 1 saturated heterocycles. The van der Waals surface area contributed by atoms with Gasteiger partial charge in [-0.2, -0.15) is 8.78 Å². The number of pyridine rings is 1. The zero-order chi connectivity index (χ0) is 24.1. The van der Waals surface area contributed by atoms with Crippen molar-refractivity contribution < 1.29 is 37.7 Å². The Morgan fingerprint density at radius 3 is 2.44 bits per heavy atom. The molecule has 1 atom stereocenters. The molecule has 2 heterocycles. The highest BCUT2D eigenvalue weighted by Crippen LogP contribution is 2.37. The number of nitrogens with zero attached hydrogens (tertiary/aromatic N) is 2. The van der Waals surface area contributed by atoms with E-state index in [9.17, 15) is 23.5 Å². The molecule has 0 saturated carbocycles. The highest BCUT2D eigenvalue weighted by atomic mass is 19.3. The van der Waals surface area contributed by atoms with E-state index in [0.717, 1.165) is 0 Å². The highest BCUT2D eigenvalue weighted by Gasteiger charge is 2.25. The Morgan fingerprint density at radius 2 is 1.82 bits per heavy atom. The van der Waals surface area contributed by atoms with Crippen LogP contribution in [0.4, 0.5) is 20.2 Å². The maximum absolute atomic E-state index is 13.4. The summed E-state index contributed by atoms with van der Waals surface area (Å²) in [6.45, 7) is -2.28. The lowest BCUT2D eigenvalue weighted by Gasteiger charge is -2.25. The summed E-state index contributed by atoms with van der Waals surface area (Å²) >= 11 is 0. The fourth-order valence-electron chi connectivity index (χ4n) is 3.46. The van der Waals surface area contributed by atoms with Crippen LogP contribution in [0.25, 0.3) is 0 Å². The minimum Gasteiger partial charge on any atom is -0.484 e. The third-order valence-corrected chi connectivity index (χ3v) is 5.07. The Kier molecular flexibility index (Phi) is 6.98. The van der Waals surface area contributed by atoms with E-state index >= 15 is 0 Å². The molecule has 0 bridgehead atoms. The SMILES string of the molecule is O=C(O)c1ccc(N(C(=O)c2cccnc2)c2ccc(OC(F)F)c(O[C@@H]3CCOC3)c2)cc1. The van der Waals surface area contributed by atoms with E-state index in [4.69, 9.17) is 9.47 Å². The lowest BCUT2D eigenvalue weighted by molar-refractivity contribution is -0.0521. The number of aromatic nitrogens is 1. The van der Waals surface area contributed by atoms with Crippen molar-refractivity contribution in [3.05, 3.63) is 78.1 Å². The molecule has 1 aliphatic rings. The Bertz CT molecular complexity index is 1150. The molecule has 10 heteroatoms. The first-order chi connectivity index (χ1) is 16.4. The molecule has 1 N–H and O–H groups in total. The first-order valence-corrected chi connectivity index (χ1v) is 10.3. The Balaban J connectivity index is 1.77. The number of carboxylic acid groups (broad SMARTS) is 1. The van der Waals surface area contributed by atoms with Crippen LogP contribution < -0.4 is 14.4 Å². The van der Waals surface area contributed by atoms with Crippen LogP contribution in [0, 0.1) is 0 Å². The molecule has 34 heavy (non-hydrogen) atoms. The number of aromatic carboxylic acids is 1. The Morgan fingerprint density at radius 1 is 1.06 bits per heavy atom. The van der Waals surface area contributed by atoms with Crippen molar-refractivity contribution in [1.82, 2.24) is 4.98 Å². The molecule has 0 radical (unpaired) electrons. The quantitative estimate of drug-likeness (QED) is 0.517. The number of amides is 1. The lowest BCUT2D eigenvalue weighted by Crippen LogP contribution is -2.26. The molecule has 0 unspecified atom stereocenters. The van der Waals surface area contributed by atoms with Gasteiger partial charge in [0.1, 0.15) is 6.10 Å². The molecular weight excluding hydrogens is 450 g/mol. The second-order valence-electron chi connectivity index (χ2n) is 7.35. The van der Waals surface area contributed by atoms with Crippen LogP contribution in [0.3, 0.4) is 0 Å². The van der Waals surface area contributed by atoms with Gasteiger partial charge >= 0.3 is 12.6 Å². The van der Waals surface area contributed by atoms with Gasteiger partial charge in [0.2, 0.25) is 0 Å². The number of anilines is 2. The van der Waals surface area contributed by atoms with Gasteiger partial charge in [0.25, 0.3) is 5.91 Å². The zero-order valence-electron chi connectivity index (χ0n) is 17.8. The number of carbonyl (C=O) groups is 2. The standard InChI is InChI=1S/C24H20F2N2O6/c25-24(26)34-20-8-7-18(12-21(20)33-19-9-11-32-14-19)28(22(29)16-2-1-10-27-13-16)17-5-3-15(4-6-17)23(30)31/h1-8,10,12-13,19,24H,9,11,14H2,(H,30,31)/t19-/m1/s1. The molecule has 0 aliphatic carbocycles. The number of carbonyl (C=O) groups excluding carboxylic acids is 1. The van der Waals surface area contributed by atoms with Crippen molar-refractivity contribution in [3.8, 4) is 11.5 Å². The van der Waals surface area contributed by atoms with Gasteiger partial charge in [0, 0.05) is 30.6 Å². The second-order valence-corrected chi connectivity index (χ2v) is 7.35. The van der Waals surface area contributed by atoms with Gasteiger partial charge in [-0.05, 0) is 48.5 Å². The predicted octanol–water partition coefficient (Wildman–Crippen LogP) is 4.53. The Hall–Kier alpha value is -4.05. The number of rotatable bonds is 8. The van der Waals surface area contributed by atoms with E-state index in [1.165, 1.54) is 59.8 Å². The van der Waals surface area contributed by atoms with Crippen LogP contribution in [-0.4, -0.2) is 47.9 Å². The minimum absolute atomic E-state index is 0.0273. The average molecular weight is 470 g/mol. The number of benzene rings is 2. The molecule has 1 aromatic heterocycles. The summed E-state index contributed by atoms with van der Waals surface area (Å²) in [5.41, 5.74) is 0.969. The summed E-state index contributed by atoms with van der Waals surface area (Å²) in [5.74, 6) is -1.73. The number of ether oxygens (including phenoxy) is 3. The molecule has 1 amide bonds. The van der Waals surface area contributed by atoms with Gasteiger partial charge in [-0.25, -0.2) is 4.79 Å². The topological polar surface area (TPSA) is 98.2 Å². The molecular formula is C24H20F2N2O6. The van der Waals surface area contributed by atoms with Gasteiger partial charge in [-0.1, -0.05) is 0 Å². The van der Waals surface area contributed by atoms with Crippen molar-refractivity contribution in [2.75, 3.05) is 18.1 Å². The van der Waals surface area contributed by atoms with Crippen LogP contribution in [0.15, 0.2) is 67.0 Å². The normalized spacial score (nSPS) is 15.2. The first-order valence-electron chi connectivity index (χ1n) is 10.3. The van der Waals surface area contributed by atoms with E-state index in [0.29, 0.717) is 31.0 Å². The smallest absolute Gasteiger partial charge is 0.387 e. The Labute approximate surface area is 193 Å². The van der Waals surface area contributed by atoms with Crippen molar-refractivity contribution >= 4 is 23.3 Å². The van der Waals surface area contributed by atoms with Gasteiger partial charge in [-0.15, -0.1) is 0 Å². The average Bonchev–Trinajstić information content (AvgIpc) is 3.34. The molecule has 1 fully saturated rings. The summed E-state index contributed by atoms with van der Waals surface area (Å²) < 4.78 is 41.7. The van der Waals surface area contributed by atoms with Gasteiger partial charge in [0.05, 0.1) is 30.0 Å². The monoisotopic (exact) mass is 470 g/mol. The van der Waals surface area contributed by atoms with E-state index in [-0.39, 0.29) is 28.7 Å². The van der Waals surface area contributed by atoms with E-state index in [2.05, 4.69) is 9.72 Å². The highest BCUT2D eigenvalue weighted by molar-refractivity contribution is 6.11. The third kappa shape index (κ3) is 5.29. The summed E-state index contributed by atoms with van der Waals surface area (Å²) in [7, 11) is 0. The third-order valence-electron chi connectivity index (χ3n) is 5.07. The van der Waals surface area contributed by atoms with Crippen LogP contribution in [-0.2, 0) is 4.74 Å². The zero-order valence-corrected chi connectivity index (χ0v) is 17.8. The number of alkyl halides is 2. The number of carboxylic acids is 1. The van der Waals surface area contributed by atoms with Crippen LogP contribution in [0.2, 0.25) is 0 Å². The van der Waals surface area contributed by atoms with Crippen LogP contribution in [0.1, 0.15) is 27.1 Å². The van der Waals surface area contributed by atoms with E-state index in [1.54, 1.807) is 12.1 Å². The summed E-state index contributed by atoms with van der Waals surface area (Å²) in [6, 6.07) is 13.0. The van der Waals surface area contributed by atoms with E-state index < -0.39 is 18.5 Å². The molecule has 2 aromatic carbocycles. The minimum atomic E-state index is -3.07. The van der Waals surface area contributed by atoms with Gasteiger partial charge in [0.15, 0.2) is 11.5 Å². The summed E-state index contributed by atoms with van der Waals surface area (Å²) in [4.78, 5) is 30.0. The molecule has 1 aliphatic heterocycles. The molecule has 3 aromatic rings. The number of halogens is 2. The first kappa shape index (κ1) is 23.1. The summed E-state index contributed by atoms with van der Waals surface area (Å²) in [6.07, 6.45) is 3.14. The maximum atomic E-state index is 13.4. The number of hydrogen-bond acceptors (Lipinski definition) is 6.